The predicted octanol–water partition coefficient (Wildman–Crippen LogP) is 3.19. The van der Waals surface area contributed by atoms with Crippen LogP contribution in [0.3, 0.4) is 0 Å². The van der Waals surface area contributed by atoms with Gasteiger partial charge in [0, 0.05) is 5.69 Å². The van der Waals surface area contributed by atoms with E-state index in [2.05, 4.69) is 0 Å². The molecule has 0 fully saturated rings. The summed E-state index contributed by atoms with van der Waals surface area (Å²) in [6, 6.07) is 19.4. The highest BCUT2D eigenvalue weighted by Crippen LogP contribution is 2.32. The van der Waals surface area contributed by atoms with Gasteiger partial charge in [-0.25, -0.2) is 0 Å². The van der Waals surface area contributed by atoms with Gasteiger partial charge in [-0.05, 0) is 28.0 Å². The van der Waals surface area contributed by atoms with Crippen molar-refractivity contribution in [1.82, 2.24) is 0 Å². The lowest BCUT2D eigenvalue weighted by atomic mass is 9.93. The average molecular weight is 262 g/mol. The molecule has 0 atom stereocenters. The van der Waals surface area contributed by atoms with Gasteiger partial charge >= 0.3 is 0 Å². The molecule has 20 heavy (non-hydrogen) atoms. The first-order valence-electron chi connectivity index (χ1n) is 6.35. The Bertz CT molecular complexity index is 804. The fraction of sp³-hybridized carbons (Fsp3) is 0. The molecule has 0 unspecified atom stereocenters. The van der Waals surface area contributed by atoms with E-state index in [4.69, 9.17) is 11.5 Å². The SMILES string of the molecule is NC(=O)c1c(N)cccc1-c1cccc2ccccc12. The summed E-state index contributed by atoms with van der Waals surface area (Å²) < 4.78 is 0. The van der Waals surface area contributed by atoms with Crippen molar-refractivity contribution in [3.05, 3.63) is 66.2 Å². The maximum absolute atomic E-state index is 11.7. The molecule has 3 aromatic rings. The van der Waals surface area contributed by atoms with E-state index in [1.54, 1.807) is 6.07 Å². The molecule has 4 N–H and O–H groups in total. The number of nitrogens with two attached hydrogens (primary N) is 2. The van der Waals surface area contributed by atoms with Gasteiger partial charge in [0.1, 0.15) is 0 Å². The van der Waals surface area contributed by atoms with Gasteiger partial charge in [-0.3, -0.25) is 4.79 Å². The third kappa shape index (κ3) is 1.89. The number of anilines is 1. The Balaban J connectivity index is 2.37. The zero-order valence-electron chi connectivity index (χ0n) is 10.8. The highest BCUT2D eigenvalue weighted by atomic mass is 16.1. The molecule has 3 heteroatoms. The quantitative estimate of drug-likeness (QED) is 0.696. The number of primary amides is 1. The van der Waals surface area contributed by atoms with Crippen molar-refractivity contribution in [3.8, 4) is 11.1 Å². The largest absolute Gasteiger partial charge is 0.398 e. The molecule has 0 saturated heterocycles. The highest BCUT2D eigenvalue weighted by Gasteiger charge is 2.14. The monoisotopic (exact) mass is 262 g/mol. The third-order valence-corrected chi connectivity index (χ3v) is 3.42. The number of carbonyl (C=O) groups excluding carboxylic acids is 1. The van der Waals surface area contributed by atoms with Crippen molar-refractivity contribution in [2.45, 2.75) is 0 Å². The van der Waals surface area contributed by atoms with Crippen LogP contribution in [0.1, 0.15) is 10.4 Å². The minimum atomic E-state index is -0.508. The smallest absolute Gasteiger partial charge is 0.251 e. The van der Waals surface area contributed by atoms with E-state index < -0.39 is 5.91 Å². The minimum Gasteiger partial charge on any atom is -0.398 e. The van der Waals surface area contributed by atoms with Gasteiger partial charge in [0.15, 0.2) is 0 Å². The molecule has 3 rings (SSSR count). The lowest BCUT2D eigenvalue weighted by Gasteiger charge is -2.12. The van der Waals surface area contributed by atoms with Gasteiger partial charge in [-0.2, -0.15) is 0 Å². The lowest BCUT2D eigenvalue weighted by Crippen LogP contribution is -2.15. The molecule has 3 nitrogen and oxygen atoms in total. The fourth-order valence-corrected chi connectivity index (χ4v) is 2.53. The van der Waals surface area contributed by atoms with Gasteiger partial charge < -0.3 is 11.5 Å². The van der Waals surface area contributed by atoms with Crippen LogP contribution in [0.2, 0.25) is 0 Å². The Morgan fingerprint density at radius 3 is 2.25 bits per heavy atom. The van der Waals surface area contributed by atoms with Crippen LogP contribution in [0.25, 0.3) is 21.9 Å². The van der Waals surface area contributed by atoms with Crippen molar-refractivity contribution < 1.29 is 4.79 Å². The van der Waals surface area contributed by atoms with Crippen LogP contribution in [-0.2, 0) is 0 Å². The van der Waals surface area contributed by atoms with Crippen LogP contribution in [-0.4, -0.2) is 5.91 Å². The van der Waals surface area contributed by atoms with E-state index in [0.717, 1.165) is 21.9 Å². The van der Waals surface area contributed by atoms with E-state index >= 15 is 0 Å². The Labute approximate surface area is 116 Å². The normalized spacial score (nSPS) is 10.6. The van der Waals surface area contributed by atoms with E-state index in [0.29, 0.717) is 11.3 Å². The molecule has 0 spiro atoms. The number of hydrogen-bond acceptors (Lipinski definition) is 2. The summed E-state index contributed by atoms with van der Waals surface area (Å²) in [6.45, 7) is 0. The molecular formula is C17H14N2O. The van der Waals surface area contributed by atoms with Crippen molar-refractivity contribution in [2.75, 3.05) is 5.73 Å². The van der Waals surface area contributed by atoms with Gasteiger partial charge in [0.25, 0.3) is 5.91 Å². The van der Waals surface area contributed by atoms with Crippen molar-refractivity contribution in [1.29, 1.82) is 0 Å². The molecule has 0 aliphatic carbocycles. The first-order valence-corrected chi connectivity index (χ1v) is 6.35. The summed E-state index contributed by atoms with van der Waals surface area (Å²) >= 11 is 0. The lowest BCUT2D eigenvalue weighted by molar-refractivity contribution is 0.100. The molecule has 0 saturated carbocycles. The zero-order valence-corrected chi connectivity index (χ0v) is 10.8. The maximum Gasteiger partial charge on any atom is 0.251 e. The van der Waals surface area contributed by atoms with E-state index in [9.17, 15) is 4.79 Å². The standard InChI is InChI=1S/C17H14N2O/c18-15-10-4-9-14(16(15)17(19)20)13-8-3-6-11-5-1-2-7-12(11)13/h1-10H,18H2,(H2,19,20). The molecule has 1 amide bonds. The Hall–Kier alpha value is -2.81. The molecule has 0 aliphatic heterocycles. The van der Waals surface area contributed by atoms with Crippen LogP contribution < -0.4 is 11.5 Å². The summed E-state index contributed by atoms with van der Waals surface area (Å²) in [6.07, 6.45) is 0. The summed E-state index contributed by atoms with van der Waals surface area (Å²) in [5.74, 6) is -0.508. The average Bonchev–Trinajstić information content (AvgIpc) is 2.46. The van der Waals surface area contributed by atoms with Gasteiger partial charge in [0.05, 0.1) is 5.56 Å². The number of rotatable bonds is 2. The van der Waals surface area contributed by atoms with E-state index in [-0.39, 0.29) is 0 Å². The summed E-state index contributed by atoms with van der Waals surface area (Å²) in [5, 5.41) is 2.19. The van der Waals surface area contributed by atoms with Crippen molar-refractivity contribution >= 4 is 22.4 Å². The molecule has 0 radical (unpaired) electrons. The first kappa shape index (κ1) is 12.2. The van der Waals surface area contributed by atoms with Gasteiger partial charge in [-0.15, -0.1) is 0 Å². The number of amides is 1. The maximum atomic E-state index is 11.7. The van der Waals surface area contributed by atoms with Crippen LogP contribution in [0.5, 0.6) is 0 Å². The predicted molar refractivity (Wildman–Crippen MR) is 82.3 cm³/mol. The van der Waals surface area contributed by atoms with Crippen LogP contribution in [0.15, 0.2) is 60.7 Å². The molecule has 98 valence electrons. The highest BCUT2D eigenvalue weighted by molar-refractivity contribution is 6.08. The van der Waals surface area contributed by atoms with Crippen molar-refractivity contribution in [3.63, 3.8) is 0 Å². The third-order valence-electron chi connectivity index (χ3n) is 3.42. The number of hydrogen-bond donors (Lipinski definition) is 2. The van der Waals surface area contributed by atoms with Gasteiger partial charge in [-0.1, -0.05) is 54.6 Å². The second-order valence-corrected chi connectivity index (χ2v) is 4.66. The molecular weight excluding hydrogens is 248 g/mol. The van der Waals surface area contributed by atoms with Crippen LogP contribution in [0, 0.1) is 0 Å². The number of nitrogen functional groups attached to an aromatic ring is 1. The van der Waals surface area contributed by atoms with E-state index in [1.165, 1.54) is 0 Å². The molecule has 3 aromatic carbocycles. The second-order valence-electron chi connectivity index (χ2n) is 4.66. The molecule has 0 heterocycles. The number of carbonyl (C=O) groups is 1. The fourth-order valence-electron chi connectivity index (χ4n) is 2.53. The zero-order chi connectivity index (χ0) is 14.1. The number of benzene rings is 3. The summed E-state index contributed by atoms with van der Waals surface area (Å²) in [7, 11) is 0. The molecule has 0 bridgehead atoms. The van der Waals surface area contributed by atoms with Crippen LogP contribution >= 0.6 is 0 Å². The topological polar surface area (TPSA) is 69.1 Å². The second kappa shape index (κ2) is 4.70. The minimum absolute atomic E-state index is 0.379. The Morgan fingerprint density at radius 2 is 1.45 bits per heavy atom. The van der Waals surface area contributed by atoms with Crippen molar-refractivity contribution in [2.24, 2.45) is 5.73 Å². The Kier molecular flexibility index (Phi) is 2.88. The molecule has 0 aromatic heterocycles. The van der Waals surface area contributed by atoms with Crippen LogP contribution in [0.4, 0.5) is 5.69 Å². The number of fused-ring (bicyclic) bond motifs is 1. The summed E-state index contributed by atoms with van der Waals surface area (Å²) in [4.78, 5) is 11.7. The molecule has 0 aliphatic rings. The first-order chi connectivity index (χ1) is 9.68. The summed E-state index contributed by atoms with van der Waals surface area (Å²) in [5.41, 5.74) is 13.9. The van der Waals surface area contributed by atoms with E-state index in [1.807, 2.05) is 54.6 Å². The Morgan fingerprint density at radius 1 is 0.800 bits per heavy atom. The van der Waals surface area contributed by atoms with Gasteiger partial charge in [0.2, 0.25) is 0 Å².